The summed E-state index contributed by atoms with van der Waals surface area (Å²) in [5, 5.41) is 12.6. The number of carbonyl (C=O) groups excluding carboxylic acids is 1. The molecule has 5 rings (SSSR count). The second-order valence-corrected chi connectivity index (χ2v) is 7.75. The highest BCUT2D eigenvalue weighted by molar-refractivity contribution is 6.32. The third-order valence-corrected chi connectivity index (χ3v) is 5.69. The highest BCUT2D eigenvalue weighted by Crippen LogP contribution is 2.39. The minimum atomic E-state index is -0.0971. The molecular weight excluding hydrogens is 414 g/mol. The molecule has 0 saturated heterocycles. The molecular formula is C22H18ClN7O. The zero-order valence-corrected chi connectivity index (χ0v) is 17.1. The Bertz CT molecular complexity index is 1210. The van der Waals surface area contributed by atoms with E-state index < -0.39 is 0 Å². The molecule has 1 aliphatic carbocycles. The Hall–Kier alpha value is -3.65. The third-order valence-electron chi connectivity index (χ3n) is 5.37. The first kappa shape index (κ1) is 19.3. The van der Waals surface area contributed by atoms with E-state index in [0.29, 0.717) is 22.1 Å². The van der Waals surface area contributed by atoms with Gasteiger partial charge in [-0.15, -0.1) is 10.2 Å². The van der Waals surface area contributed by atoms with Crippen molar-refractivity contribution in [2.45, 2.75) is 24.8 Å². The Kier molecular flexibility index (Phi) is 5.13. The summed E-state index contributed by atoms with van der Waals surface area (Å²) >= 11 is 6.51. The second kappa shape index (κ2) is 8.23. The Balaban J connectivity index is 1.41. The summed E-state index contributed by atoms with van der Waals surface area (Å²) in [7, 11) is 0. The van der Waals surface area contributed by atoms with Crippen molar-refractivity contribution < 1.29 is 4.79 Å². The van der Waals surface area contributed by atoms with Gasteiger partial charge in [0.25, 0.3) is 5.91 Å². The van der Waals surface area contributed by atoms with Crippen LogP contribution in [-0.4, -0.2) is 41.7 Å². The van der Waals surface area contributed by atoms with Gasteiger partial charge in [0.05, 0.1) is 10.7 Å². The minimum absolute atomic E-state index is 0.0737. The maximum Gasteiger partial charge on any atom is 0.251 e. The van der Waals surface area contributed by atoms with Gasteiger partial charge in [-0.25, -0.2) is 9.97 Å². The standard InChI is InChI=1S/C22H18ClN7O/c23-17-3-1-2-4-19(17)30-20(28-29-21(30)18-7-10-25-13-26-18)15-11-16(12-15)27-22(31)14-5-8-24-9-6-14/h1-10,13,15-16H,11-12H2,(H,27,31)/t15-,16-. The summed E-state index contributed by atoms with van der Waals surface area (Å²) in [5.41, 5.74) is 2.06. The van der Waals surface area contributed by atoms with Crippen LogP contribution in [0.15, 0.2) is 67.4 Å². The lowest BCUT2D eigenvalue weighted by Gasteiger charge is -2.35. The SMILES string of the molecule is O=C(N[C@H]1C[C@H](c2nnc(-c3ccncn3)n2-c2ccccc2Cl)C1)c1ccncc1. The average Bonchev–Trinajstić information content (AvgIpc) is 3.21. The Morgan fingerprint density at radius 3 is 2.52 bits per heavy atom. The number of benzene rings is 1. The summed E-state index contributed by atoms with van der Waals surface area (Å²) in [4.78, 5) is 24.7. The van der Waals surface area contributed by atoms with E-state index in [4.69, 9.17) is 11.6 Å². The van der Waals surface area contributed by atoms with Crippen LogP contribution < -0.4 is 5.32 Å². The van der Waals surface area contributed by atoms with E-state index in [1.807, 2.05) is 28.8 Å². The van der Waals surface area contributed by atoms with E-state index in [0.717, 1.165) is 24.4 Å². The van der Waals surface area contributed by atoms with E-state index in [9.17, 15) is 4.79 Å². The van der Waals surface area contributed by atoms with Crippen molar-refractivity contribution >= 4 is 17.5 Å². The van der Waals surface area contributed by atoms with Gasteiger partial charge < -0.3 is 5.32 Å². The van der Waals surface area contributed by atoms with Gasteiger partial charge in [0.15, 0.2) is 5.82 Å². The summed E-state index contributed by atoms with van der Waals surface area (Å²) < 4.78 is 1.95. The largest absolute Gasteiger partial charge is 0.349 e. The normalized spacial score (nSPS) is 17.7. The summed E-state index contributed by atoms with van der Waals surface area (Å²) in [6.45, 7) is 0. The molecule has 0 bridgehead atoms. The lowest BCUT2D eigenvalue weighted by Crippen LogP contribution is -2.44. The van der Waals surface area contributed by atoms with Crippen LogP contribution in [0, 0.1) is 0 Å². The molecule has 1 N–H and O–H groups in total. The first-order valence-corrected chi connectivity index (χ1v) is 10.3. The Labute approximate surface area is 183 Å². The van der Waals surface area contributed by atoms with E-state index in [-0.39, 0.29) is 17.9 Å². The van der Waals surface area contributed by atoms with Crippen molar-refractivity contribution in [2.24, 2.45) is 0 Å². The lowest BCUT2D eigenvalue weighted by atomic mass is 9.79. The van der Waals surface area contributed by atoms with E-state index in [1.54, 1.807) is 36.8 Å². The van der Waals surface area contributed by atoms with Gasteiger partial charge in [0, 0.05) is 36.1 Å². The summed E-state index contributed by atoms with van der Waals surface area (Å²) in [5.74, 6) is 1.45. The fourth-order valence-corrected chi connectivity index (χ4v) is 3.96. The molecule has 3 aromatic heterocycles. The maximum absolute atomic E-state index is 12.4. The predicted octanol–water partition coefficient (Wildman–Crippen LogP) is 3.45. The van der Waals surface area contributed by atoms with Crippen molar-refractivity contribution in [1.82, 2.24) is 35.0 Å². The molecule has 1 aliphatic rings. The number of para-hydroxylation sites is 1. The van der Waals surface area contributed by atoms with Gasteiger partial charge in [0.1, 0.15) is 17.8 Å². The first-order chi connectivity index (χ1) is 15.2. The van der Waals surface area contributed by atoms with E-state index >= 15 is 0 Å². The molecule has 1 fully saturated rings. The van der Waals surface area contributed by atoms with Crippen LogP contribution in [0.4, 0.5) is 0 Å². The van der Waals surface area contributed by atoms with Crippen LogP contribution in [0.5, 0.6) is 0 Å². The molecule has 31 heavy (non-hydrogen) atoms. The molecule has 0 unspecified atom stereocenters. The van der Waals surface area contributed by atoms with Crippen molar-refractivity contribution in [3.05, 3.63) is 83.8 Å². The summed E-state index contributed by atoms with van der Waals surface area (Å²) in [6, 6.07) is 12.8. The number of pyridine rings is 1. The first-order valence-electron chi connectivity index (χ1n) is 9.88. The van der Waals surface area contributed by atoms with Crippen LogP contribution in [0.2, 0.25) is 5.02 Å². The monoisotopic (exact) mass is 431 g/mol. The van der Waals surface area contributed by atoms with Crippen LogP contribution in [0.3, 0.4) is 0 Å². The van der Waals surface area contributed by atoms with Gasteiger partial charge in [-0.3, -0.25) is 14.3 Å². The Morgan fingerprint density at radius 1 is 1.00 bits per heavy atom. The van der Waals surface area contributed by atoms with Crippen LogP contribution in [-0.2, 0) is 0 Å². The topological polar surface area (TPSA) is 98.5 Å². The highest BCUT2D eigenvalue weighted by atomic mass is 35.5. The van der Waals surface area contributed by atoms with Crippen LogP contribution in [0.1, 0.15) is 34.9 Å². The molecule has 3 heterocycles. The number of aromatic nitrogens is 6. The van der Waals surface area contributed by atoms with Gasteiger partial charge in [-0.1, -0.05) is 23.7 Å². The third kappa shape index (κ3) is 3.77. The number of halogens is 1. The Morgan fingerprint density at radius 2 is 1.77 bits per heavy atom. The van der Waals surface area contributed by atoms with Crippen molar-refractivity contribution in [3.8, 4) is 17.2 Å². The van der Waals surface area contributed by atoms with Gasteiger partial charge in [0.2, 0.25) is 0 Å². The predicted molar refractivity (Wildman–Crippen MR) is 115 cm³/mol. The fourth-order valence-electron chi connectivity index (χ4n) is 3.74. The molecule has 1 saturated carbocycles. The molecule has 0 aliphatic heterocycles. The number of carbonyl (C=O) groups is 1. The van der Waals surface area contributed by atoms with Crippen molar-refractivity contribution in [1.29, 1.82) is 0 Å². The minimum Gasteiger partial charge on any atom is -0.349 e. The van der Waals surface area contributed by atoms with E-state index in [1.165, 1.54) is 6.33 Å². The number of nitrogens with zero attached hydrogens (tertiary/aromatic N) is 6. The smallest absolute Gasteiger partial charge is 0.251 e. The number of hydrogen-bond donors (Lipinski definition) is 1. The molecule has 9 heteroatoms. The second-order valence-electron chi connectivity index (χ2n) is 7.34. The van der Waals surface area contributed by atoms with Gasteiger partial charge in [-0.2, -0.15) is 0 Å². The van der Waals surface area contributed by atoms with Gasteiger partial charge in [-0.05, 0) is 43.2 Å². The zero-order chi connectivity index (χ0) is 21.2. The molecule has 1 amide bonds. The van der Waals surface area contributed by atoms with Crippen LogP contribution in [0.25, 0.3) is 17.2 Å². The maximum atomic E-state index is 12.4. The van der Waals surface area contributed by atoms with Gasteiger partial charge >= 0.3 is 0 Å². The molecule has 0 atom stereocenters. The molecule has 8 nitrogen and oxygen atoms in total. The molecule has 4 aromatic rings. The molecule has 154 valence electrons. The molecule has 0 spiro atoms. The summed E-state index contributed by atoms with van der Waals surface area (Å²) in [6.07, 6.45) is 7.90. The van der Waals surface area contributed by atoms with Crippen LogP contribution >= 0.6 is 11.6 Å². The highest BCUT2D eigenvalue weighted by Gasteiger charge is 2.36. The average molecular weight is 432 g/mol. The molecule has 0 radical (unpaired) electrons. The number of nitrogens with one attached hydrogen (secondary N) is 1. The zero-order valence-electron chi connectivity index (χ0n) is 16.4. The fraction of sp³-hybridized carbons (Fsp3) is 0.182. The van der Waals surface area contributed by atoms with E-state index in [2.05, 4.69) is 30.5 Å². The number of amides is 1. The van der Waals surface area contributed by atoms with Crippen molar-refractivity contribution in [3.63, 3.8) is 0 Å². The molecule has 1 aromatic carbocycles. The number of rotatable bonds is 5. The number of hydrogen-bond acceptors (Lipinski definition) is 6. The lowest BCUT2D eigenvalue weighted by molar-refractivity contribution is 0.0907. The van der Waals surface area contributed by atoms with Crippen molar-refractivity contribution in [2.75, 3.05) is 0 Å². The quantitative estimate of drug-likeness (QED) is 0.519.